The Bertz CT molecular complexity index is 407. The maximum absolute atomic E-state index is 13.6. The van der Waals surface area contributed by atoms with E-state index in [2.05, 4.69) is 0 Å². The number of rotatable bonds is 5. The van der Waals surface area contributed by atoms with E-state index in [4.69, 9.17) is 17.3 Å². The Morgan fingerprint density at radius 3 is 2.79 bits per heavy atom. The molecule has 1 atom stereocenters. The van der Waals surface area contributed by atoms with Crippen molar-refractivity contribution < 1.29 is 4.39 Å². The first-order chi connectivity index (χ1) is 9.15. The van der Waals surface area contributed by atoms with Crippen molar-refractivity contribution in [2.45, 2.75) is 49.8 Å². The first-order valence-corrected chi connectivity index (χ1v) is 8.39. The summed E-state index contributed by atoms with van der Waals surface area (Å²) in [5.41, 5.74) is 6.74. The molecule has 0 saturated heterocycles. The summed E-state index contributed by atoms with van der Waals surface area (Å²) in [5, 5.41) is 1.33. The Morgan fingerprint density at radius 1 is 1.32 bits per heavy atom. The summed E-state index contributed by atoms with van der Waals surface area (Å²) in [4.78, 5) is 0. The van der Waals surface area contributed by atoms with Crippen molar-refractivity contribution in [3.05, 3.63) is 34.6 Å². The molecule has 0 aromatic heterocycles. The van der Waals surface area contributed by atoms with Crippen LogP contribution in [0.2, 0.25) is 5.02 Å². The third-order valence-electron chi connectivity index (χ3n) is 3.59. The largest absolute Gasteiger partial charge is 0.327 e. The van der Waals surface area contributed by atoms with Crippen molar-refractivity contribution >= 4 is 23.4 Å². The molecule has 0 spiro atoms. The molecular formula is C15H21ClFNS. The zero-order valence-electron chi connectivity index (χ0n) is 11.1. The van der Waals surface area contributed by atoms with E-state index in [1.54, 1.807) is 12.1 Å². The minimum Gasteiger partial charge on any atom is -0.327 e. The van der Waals surface area contributed by atoms with E-state index in [1.165, 1.54) is 38.2 Å². The fraction of sp³-hybridized carbons (Fsp3) is 0.600. The molecule has 106 valence electrons. The molecule has 1 aromatic carbocycles. The van der Waals surface area contributed by atoms with Crippen LogP contribution in [0.3, 0.4) is 0 Å². The molecule has 1 fully saturated rings. The van der Waals surface area contributed by atoms with Gasteiger partial charge in [0, 0.05) is 22.1 Å². The third kappa shape index (κ3) is 4.97. The van der Waals surface area contributed by atoms with Crippen LogP contribution in [0.5, 0.6) is 0 Å². The van der Waals surface area contributed by atoms with Gasteiger partial charge in [-0.25, -0.2) is 4.39 Å². The van der Waals surface area contributed by atoms with Crippen LogP contribution in [0.25, 0.3) is 0 Å². The highest BCUT2D eigenvalue weighted by Gasteiger charge is 2.16. The van der Waals surface area contributed by atoms with E-state index in [-0.39, 0.29) is 11.9 Å². The van der Waals surface area contributed by atoms with Gasteiger partial charge in [0.2, 0.25) is 0 Å². The topological polar surface area (TPSA) is 26.0 Å². The van der Waals surface area contributed by atoms with Gasteiger partial charge in [-0.1, -0.05) is 30.9 Å². The highest BCUT2D eigenvalue weighted by Crippen LogP contribution is 2.28. The van der Waals surface area contributed by atoms with Gasteiger partial charge in [0.25, 0.3) is 0 Å². The van der Waals surface area contributed by atoms with Gasteiger partial charge in [-0.2, -0.15) is 11.8 Å². The van der Waals surface area contributed by atoms with Gasteiger partial charge in [-0.3, -0.25) is 0 Å². The van der Waals surface area contributed by atoms with Crippen molar-refractivity contribution in [3.63, 3.8) is 0 Å². The minimum atomic E-state index is -0.206. The van der Waals surface area contributed by atoms with Gasteiger partial charge in [0.05, 0.1) is 0 Å². The monoisotopic (exact) mass is 301 g/mol. The van der Waals surface area contributed by atoms with E-state index in [0.717, 1.165) is 11.0 Å². The molecule has 1 nitrogen and oxygen atoms in total. The van der Waals surface area contributed by atoms with Crippen LogP contribution in [0, 0.1) is 5.82 Å². The highest BCUT2D eigenvalue weighted by atomic mass is 35.5. The summed E-state index contributed by atoms with van der Waals surface area (Å²) >= 11 is 7.84. The first-order valence-electron chi connectivity index (χ1n) is 6.96. The summed E-state index contributed by atoms with van der Waals surface area (Å²) in [6.07, 6.45) is 7.24. The molecule has 1 aliphatic carbocycles. The summed E-state index contributed by atoms with van der Waals surface area (Å²) < 4.78 is 13.6. The van der Waals surface area contributed by atoms with Crippen LogP contribution >= 0.6 is 23.4 Å². The van der Waals surface area contributed by atoms with Crippen molar-refractivity contribution in [1.82, 2.24) is 0 Å². The molecule has 1 saturated carbocycles. The third-order valence-corrected chi connectivity index (χ3v) is 5.39. The van der Waals surface area contributed by atoms with Gasteiger partial charge in [-0.15, -0.1) is 0 Å². The van der Waals surface area contributed by atoms with E-state index >= 15 is 0 Å². The zero-order valence-corrected chi connectivity index (χ0v) is 12.7. The molecule has 2 N–H and O–H groups in total. The van der Waals surface area contributed by atoms with Crippen molar-refractivity contribution in [2.24, 2.45) is 5.73 Å². The number of hydrogen-bond donors (Lipinski definition) is 1. The zero-order chi connectivity index (χ0) is 13.7. The lowest BCUT2D eigenvalue weighted by Crippen LogP contribution is -2.27. The number of hydrogen-bond acceptors (Lipinski definition) is 2. The summed E-state index contributed by atoms with van der Waals surface area (Å²) in [5.74, 6) is 0.693. The predicted octanol–water partition coefficient (Wildman–Crippen LogP) is 4.41. The Morgan fingerprint density at radius 2 is 2.05 bits per heavy atom. The molecule has 0 bridgehead atoms. The van der Waals surface area contributed by atoms with E-state index in [1.807, 2.05) is 11.8 Å². The van der Waals surface area contributed by atoms with Crippen LogP contribution in [-0.4, -0.2) is 17.0 Å². The average molecular weight is 302 g/mol. The summed E-state index contributed by atoms with van der Waals surface area (Å²) in [7, 11) is 0. The fourth-order valence-electron chi connectivity index (χ4n) is 2.53. The summed E-state index contributed by atoms with van der Waals surface area (Å²) in [6, 6.07) is 4.67. The van der Waals surface area contributed by atoms with Gasteiger partial charge < -0.3 is 5.73 Å². The Balaban J connectivity index is 1.80. The van der Waals surface area contributed by atoms with Crippen LogP contribution in [-0.2, 0) is 6.42 Å². The number of nitrogens with two attached hydrogens (primary N) is 1. The molecule has 2 rings (SSSR count). The Hall–Kier alpha value is -0.250. The second kappa shape index (κ2) is 7.51. The predicted molar refractivity (Wildman–Crippen MR) is 82.4 cm³/mol. The molecule has 0 aliphatic heterocycles. The lowest BCUT2D eigenvalue weighted by molar-refractivity contribution is 0.515. The van der Waals surface area contributed by atoms with Gasteiger partial charge >= 0.3 is 0 Å². The van der Waals surface area contributed by atoms with E-state index in [0.29, 0.717) is 17.0 Å². The van der Waals surface area contributed by atoms with Crippen molar-refractivity contribution in [3.8, 4) is 0 Å². The lowest BCUT2D eigenvalue weighted by atomic mass is 10.0. The smallest absolute Gasteiger partial charge is 0.126 e. The summed E-state index contributed by atoms with van der Waals surface area (Å²) in [6.45, 7) is 0. The van der Waals surface area contributed by atoms with Gasteiger partial charge in [0.15, 0.2) is 0 Å². The molecule has 0 amide bonds. The molecule has 1 unspecified atom stereocenters. The number of benzene rings is 1. The van der Waals surface area contributed by atoms with E-state index < -0.39 is 0 Å². The second-order valence-electron chi connectivity index (χ2n) is 5.29. The normalized spacial score (nSPS) is 18.5. The van der Waals surface area contributed by atoms with Gasteiger partial charge in [0.1, 0.15) is 5.82 Å². The number of thioether (sulfide) groups is 1. The maximum atomic E-state index is 13.6. The molecule has 0 radical (unpaired) electrons. The van der Waals surface area contributed by atoms with Crippen molar-refractivity contribution in [2.75, 3.05) is 5.75 Å². The minimum absolute atomic E-state index is 0.0000989. The van der Waals surface area contributed by atoms with Crippen LogP contribution in [0.4, 0.5) is 4.39 Å². The van der Waals surface area contributed by atoms with Crippen LogP contribution < -0.4 is 5.73 Å². The molecule has 19 heavy (non-hydrogen) atoms. The molecule has 0 heterocycles. The molecule has 1 aliphatic rings. The maximum Gasteiger partial charge on any atom is 0.126 e. The Labute approximate surface area is 124 Å². The number of halogens is 2. The van der Waals surface area contributed by atoms with E-state index in [9.17, 15) is 4.39 Å². The highest BCUT2D eigenvalue weighted by molar-refractivity contribution is 7.99. The molecule has 4 heteroatoms. The van der Waals surface area contributed by atoms with Gasteiger partial charge in [-0.05, 0) is 43.0 Å². The fourth-order valence-corrected chi connectivity index (χ4v) is 4.03. The standard InChI is InChI=1S/C15H21ClFNS/c16-12-6-7-15(17)11(8-12)9-13(18)10-19-14-4-2-1-3-5-14/h6-8,13-14H,1-5,9-10,18H2. The quantitative estimate of drug-likeness (QED) is 0.871. The first kappa shape index (κ1) is 15.1. The van der Waals surface area contributed by atoms with Crippen LogP contribution in [0.1, 0.15) is 37.7 Å². The molecular weight excluding hydrogens is 281 g/mol. The second-order valence-corrected chi connectivity index (χ2v) is 7.06. The Kier molecular flexibility index (Phi) is 5.99. The lowest BCUT2D eigenvalue weighted by Gasteiger charge is -2.22. The molecule has 1 aromatic rings. The average Bonchev–Trinajstić information content (AvgIpc) is 2.42. The van der Waals surface area contributed by atoms with Crippen molar-refractivity contribution in [1.29, 1.82) is 0 Å². The van der Waals surface area contributed by atoms with Crippen LogP contribution in [0.15, 0.2) is 18.2 Å². The SMILES string of the molecule is NC(CSC1CCCCC1)Cc1cc(Cl)ccc1F.